The summed E-state index contributed by atoms with van der Waals surface area (Å²) >= 11 is 7.55. The second-order valence-corrected chi connectivity index (χ2v) is 13.2. The number of nitrogens with zero attached hydrogens (tertiary/aromatic N) is 2. The third-order valence-electron chi connectivity index (χ3n) is 10.6. The Labute approximate surface area is 217 Å². The first kappa shape index (κ1) is 23.4. The van der Waals surface area contributed by atoms with Crippen molar-refractivity contribution in [2.24, 2.45) is 11.3 Å². The number of likely N-dealkylation sites (N-methyl/N-ethyl adjacent to an activating group) is 1. The van der Waals surface area contributed by atoms with Gasteiger partial charge in [0, 0.05) is 12.0 Å². The number of hydrogen-bond donors (Lipinski definition) is 3. The van der Waals surface area contributed by atoms with Crippen LogP contribution in [0.5, 0.6) is 0 Å². The number of H-pyrrole nitrogens is 1. The van der Waals surface area contributed by atoms with Crippen LogP contribution in [0.2, 0.25) is 0 Å². The Kier molecular flexibility index (Phi) is 4.71. The number of benzene rings is 1. The number of hydrogen-bond acceptors (Lipinski definition) is 5. The number of ether oxygens (including phenoxy) is 1. The van der Waals surface area contributed by atoms with Gasteiger partial charge in [-0.15, -0.1) is 11.6 Å². The molecule has 2 saturated carbocycles. The molecule has 3 fully saturated rings. The Hall–Kier alpha value is -1.70. The van der Waals surface area contributed by atoms with E-state index in [0.717, 1.165) is 54.5 Å². The van der Waals surface area contributed by atoms with Crippen LogP contribution >= 0.6 is 11.6 Å². The lowest BCUT2D eigenvalue weighted by Crippen LogP contribution is -2.68. The van der Waals surface area contributed by atoms with Crippen molar-refractivity contribution in [3.05, 3.63) is 47.3 Å². The summed E-state index contributed by atoms with van der Waals surface area (Å²) < 4.78 is 7.27. The highest BCUT2D eigenvalue weighted by Crippen LogP contribution is 2.71. The molecule has 7 heteroatoms. The van der Waals surface area contributed by atoms with Crippen molar-refractivity contribution >= 4 is 28.2 Å². The van der Waals surface area contributed by atoms with Crippen molar-refractivity contribution in [2.75, 3.05) is 14.1 Å². The quantitative estimate of drug-likeness (QED) is 0.414. The second-order valence-electron chi connectivity index (χ2n) is 12.5. The zero-order chi connectivity index (χ0) is 25.3. The molecule has 1 saturated heterocycles. The molecular formula is C29H36ClN3O3. The molecule has 3 heterocycles. The number of nitrogens with one attached hydrogen (secondary N) is 1. The fourth-order valence-corrected chi connectivity index (χ4v) is 9.21. The number of aromatic nitrogens is 2. The number of aliphatic hydroxyl groups is 2. The Balaban J connectivity index is 1.30. The lowest BCUT2D eigenvalue weighted by atomic mass is 9.54. The Morgan fingerprint density at radius 3 is 2.75 bits per heavy atom. The van der Waals surface area contributed by atoms with Gasteiger partial charge in [-0.2, -0.15) is 0 Å². The van der Waals surface area contributed by atoms with Gasteiger partial charge in [-0.1, -0.05) is 25.1 Å². The minimum Gasteiger partial charge on any atom is -0.388 e. The molecule has 1 aromatic heterocycles. The van der Waals surface area contributed by atoms with Gasteiger partial charge in [-0.25, -0.2) is 4.98 Å². The largest absolute Gasteiger partial charge is 0.388 e. The molecule has 192 valence electrons. The summed E-state index contributed by atoms with van der Waals surface area (Å²) in [6, 6.07) is 6.40. The third kappa shape index (κ3) is 2.75. The maximum atomic E-state index is 11.2. The van der Waals surface area contributed by atoms with Crippen LogP contribution in [0.3, 0.4) is 0 Å². The van der Waals surface area contributed by atoms with Crippen molar-refractivity contribution in [2.45, 2.75) is 86.7 Å². The first-order chi connectivity index (χ1) is 17.0. The first-order valence-corrected chi connectivity index (χ1v) is 13.7. The summed E-state index contributed by atoms with van der Waals surface area (Å²) in [4.78, 5) is 9.32. The third-order valence-corrected chi connectivity index (χ3v) is 11.2. The van der Waals surface area contributed by atoms with Gasteiger partial charge in [0.25, 0.3) is 0 Å². The SMILES string of the molecule is Cc1nc2ccc(C3=CCC4C3(C)CCC3(Cl)C=C5C(O)C(O)C(N(C)C)CC56CCC43O6)cc2[nH]1. The highest BCUT2D eigenvalue weighted by Gasteiger charge is 2.73. The lowest BCUT2D eigenvalue weighted by molar-refractivity contribution is -0.199. The van der Waals surface area contributed by atoms with Crippen molar-refractivity contribution < 1.29 is 14.9 Å². The summed E-state index contributed by atoms with van der Waals surface area (Å²) in [6.45, 7) is 4.40. The van der Waals surface area contributed by atoms with E-state index in [1.54, 1.807) is 0 Å². The Morgan fingerprint density at radius 1 is 1.17 bits per heavy atom. The molecule has 2 spiro atoms. The van der Waals surface area contributed by atoms with Gasteiger partial charge < -0.3 is 24.8 Å². The molecule has 0 amide bonds. The van der Waals surface area contributed by atoms with Crippen LogP contribution in [-0.2, 0) is 4.74 Å². The van der Waals surface area contributed by atoms with E-state index in [1.807, 2.05) is 25.9 Å². The van der Waals surface area contributed by atoms with E-state index in [0.29, 0.717) is 6.42 Å². The summed E-state index contributed by atoms with van der Waals surface area (Å²) in [7, 11) is 3.93. The predicted octanol–water partition coefficient (Wildman–Crippen LogP) is 4.34. The van der Waals surface area contributed by atoms with Gasteiger partial charge >= 0.3 is 0 Å². The van der Waals surface area contributed by atoms with Crippen LogP contribution in [-0.4, -0.2) is 73.5 Å². The van der Waals surface area contributed by atoms with Crippen LogP contribution in [0.1, 0.15) is 56.8 Å². The van der Waals surface area contributed by atoms with Gasteiger partial charge in [-0.3, -0.25) is 0 Å². The molecular weight excluding hydrogens is 474 g/mol. The molecule has 5 aliphatic rings. The number of fused-ring (bicyclic) bond motifs is 2. The van der Waals surface area contributed by atoms with Gasteiger partial charge in [0.15, 0.2) is 0 Å². The lowest BCUT2D eigenvalue weighted by Gasteiger charge is -2.61. The summed E-state index contributed by atoms with van der Waals surface area (Å²) in [5, 5.41) is 22.2. The number of aliphatic hydroxyl groups excluding tert-OH is 2. The monoisotopic (exact) mass is 509 g/mol. The van der Waals surface area contributed by atoms with E-state index < -0.39 is 28.3 Å². The minimum absolute atomic E-state index is 0.0498. The molecule has 7 rings (SSSR count). The Morgan fingerprint density at radius 2 is 1.97 bits per heavy atom. The fourth-order valence-electron chi connectivity index (χ4n) is 8.74. The van der Waals surface area contributed by atoms with Gasteiger partial charge in [0.1, 0.15) is 11.9 Å². The minimum atomic E-state index is -0.951. The number of imidazole rings is 1. The molecule has 0 radical (unpaired) electrons. The van der Waals surface area contributed by atoms with E-state index in [9.17, 15) is 10.2 Å². The van der Waals surface area contributed by atoms with Crippen molar-refractivity contribution in [1.82, 2.24) is 14.9 Å². The first-order valence-electron chi connectivity index (χ1n) is 13.3. The van der Waals surface area contributed by atoms with E-state index >= 15 is 0 Å². The molecule has 2 aromatic rings. The maximum absolute atomic E-state index is 11.2. The van der Waals surface area contributed by atoms with Gasteiger partial charge in [-0.05, 0) is 93.8 Å². The molecule has 8 atom stereocenters. The summed E-state index contributed by atoms with van der Waals surface area (Å²) in [5.41, 5.74) is 4.42. The van der Waals surface area contributed by atoms with Crippen molar-refractivity contribution in [3.63, 3.8) is 0 Å². The van der Waals surface area contributed by atoms with E-state index in [1.165, 1.54) is 11.1 Å². The van der Waals surface area contributed by atoms with E-state index in [4.69, 9.17) is 16.3 Å². The van der Waals surface area contributed by atoms with Crippen LogP contribution in [0.25, 0.3) is 16.6 Å². The van der Waals surface area contributed by atoms with Crippen LogP contribution in [0.4, 0.5) is 0 Å². The van der Waals surface area contributed by atoms with E-state index in [2.05, 4.69) is 47.2 Å². The molecule has 6 nitrogen and oxygen atoms in total. The molecule has 3 aliphatic carbocycles. The highest BCUT2D eigenvalue weighted by atomic mass is 35.5. The van der Waals surface area contributed by atoms with Gasteiger partial charge in [0.2, 0.25) is 0 Å². The van der Waals surface area contributed by atoms with Crippen LogP contribution in [0, 0.1) is 18.3 Å². The summed E-state index contributed by atoms with van der Waals surface area (Å²) in [5.74, 6) is 1.19. The highest BCUT2D eigenvalue weighted by molar-refractivity contribution is 6.26. The fraction of sp³-hybridized carbons (Fsp3) is 0.621. The molecule has 1 aromatic carbocycles. The molecule has 3 N–H and O–H groups in total. The maximum Gasteiger partial charge on any atom is 0.105 e. The number of halogens is 1. The number of allylic oxidation sites excluding steroid dienone is 2. The second kappa shape index (κ2) is 7.23. The van der Waals surface area contributed by atoms with Crippen LogP contribution in [0.15, 0.2) is 35.9 Å². The normalized spacial score (nSPS) is 45.3. The molecule has 8 unspecified atom stereocenters. The number of aromatic amines is 1. The molecule has 2 bridgehead atoms. The Bertz CT molecular complexity index is 1330. The standard InChI is InChI=1S/C29H36ClN3O3/c1-16-31-20-7-5-17(13-21(20)32-16)18-6-8-23-26(18,2)9-11-28(30)14-19-24(34)25(35)22(33(3)4)15-27(19)10-12-29(23,28)36-27/h5-7,13-14,22-25,34-35H,8-12,15H2,1-4H3,(H,31,32). The van der Waals surface area contributed by atoms with Gasteiger partial charge in [0.05, 0.1) is 33.2 Å². The average Bonchev–Trinajstić information content (AvgIpc) is 3.49. The molecule has 36 heavy (non-hydrogen) atoms. The smallest absolute Gasteiger partial charge is 0.105 e. The summed E-state index contributed by atoms with van der Waals surface area (Å²) in [6.07, 6.45) is 7.81. The zero-order valence-electron chi connectivity index (χ0n) is 21.5. The molecule has 2 aliphatic heterocycles. The van der Waals surface area contributed by atoms with Crippen LogP contribution < -0.4 is 0 Å². The zero-order valence-corrected chi connectivity index (χ0v) is 22.3. The number of aryl methyl sites for hydroxylation is 1. The average molecular weight is 510 g/mol. The predicted molar refractivity (Wildman–Crippen MR) is 141 cm³/mol. The van der Waals surface area contributed by atoms with Crippen molar-refractivity contribution in [3.8, 4) is 0 Å². The number of alkyl halides is 1. The van der Waals surface area contributed by atoms with E-state index in [-0.39, 0.29) is 17.4 Å². The number of rotatable bonds is 2. The topological polar surface area (TPSA) is 81.6 Å². The van der Waals surface area contributed by atoms with Crippen molar-refractivity contribution in [1.29, 1.82) is 0 Å².